The van der Waals surface area contributed by atoms with Crippen molar-refractivity contribution in [3.63, 3.8) is 0 Å². The van der Waals surface area contributed by atoms with Gasteiger partial charge in [0.25, 0.3) is 0 Å². The number of nitrogens with zero attached hydrogens (tertiary/aromatic N) is 1. The Kier molecular flexibility index (Phi) is 3.35. The van der Waals surface area contributed by atoms with Gasteiger partial charge in [-0.1, -0.05) is 6.08 Å². The molecule has 0 unspecified atom stereocenters. The number of rotatable bonds is 2. The maximum atomic E-state index is 9.72. The lowest BCUT2D eigenvalue weighted by Gasteiger charge is -1.88. The summed E-state index contributed by atoms with van der Waals surface area (Å²) in [5, 5.41) is 11.4. The molecule has 0 aliphatic heterocycles. The molecule has 0 aliphatic carbocycles. The van der Waals surface area contributed by atoms with E-state index in [0.29, 0.717) is 0 Å². The van der Waals surface area contributed by atoms with Crippen molar-refractivity contribution < 1.29 is 5.11 Å². The van der Waals surface area contributed by atoms with Gasteiger partial charge >= 0.3 is 0 Å². The van der Waals surface area contributed by atoms with Crippen LogP contribution in [0.3, 0.4) is 0 Å². The smallest absolute Gasteiger partial charge is 0.139 e. The maximum absolute atomic E-state index is 9.72. The number of hydrogen-bond acceptors (Lipinski definition) is 3. The topological polar surface area (TPSA) is 49.7 Å². The Balaban J connectivity index is 4.27. The van der Waals surface area contributed by atoms with Crippen molar-refractivity contribution in [1.82, 2.24) is 0 Å². The predicted octanol–water partition coefficient (Wildman–Crippen LogP) is 2.12. The number of aliphatic hydroxyl groups is 1. The second-order valence-corrected chi connectivity index (χ2v) is 1.56. The van der Waals surface area contributed by atoms with Crippen LogP contribution in [0.4, 0.5) is 0 Å². The molecule has 0 aromatic carbocycles. The molecule has 9 heavy (non-hydrogen) atoms. The highest BCUT2D eigenvalue weighted by Gasteiger charge is 1.92. The average Bonchev–Trinajstić information content (AvgIpc) is 1.87. The summed E-state index contributed by atoms with van der Waals surface area (Å²) in [5.74, 6) is -0.0764. The first-order valence-electron chi connectivity index (χ1n) is 2.58. The van der Waals surface area contributed by atoms with Gasteiger partial charge in [-0.05, 0) is 25.1 Å². The van der Waals surface area contributed by atoms with Crippen molar-refractivity contribution in [2.24, 2.45) is 5.18 Å². The van der Waals surface area contributed by atoms with Crippen LogP contribution in [0.1, 0.15) is 13.8 Å². The van der Waals surface area contributed by atoms with Crippen LogP contribution in [0.2, 0.25) is 0 Å². The molecule has 0 radical (unpaired) electrons. The summed E-state index contributed by atoms with van der Waals surface area (Å²) in [6.45, 7) is 3.19. The number of allylic oxidation sites excluding steroid dienone is 3. The van der Waals surface area contributed by atoms with E-state index in [4.69, 9.17) is 5.11 Å². The second kappa shape index (κ2) is 3.83. The molecule has 0 saturated heterocycles. The van der Waals surface area contributed by atoms with Crippen molar-refractivity contribution in [3.05, 3.63) is 28.5 Å². The Morgan fingerprint density at radius 3 is 2.56 bits per heavy atom. The van der Waals surface area contributed by atoms with Gasteiger partial charge in [-0.25, -0.2) is 0 Å². The third-order valence-electron chi connectivity index (χ3n) is 0.832. The van der Waals surface area contributed by atoms with Crippen LogP contribution in [-0.2, 0) is 0 Å². The van der Waals surface area contributed by atoms with Gasteiger partial charge in [0, 0.05) is 0 Å². The Morgan fingerprint density at radius 2 is 2.22 bits per heavy atom. The summed E-state index contributed by atoms with van der Waals surface area (Å²) in [6.07, 6.45) is 3.04. The first kappa shape index (κ1) is 7.88. The summed E-state index contributed by atoms with van der Waals surface area (Å²) in [5.41, 5.74) is 0.105. The largest absolute Gasteiger partial charge is 0.506 e. The molecule has 0 spiro atoms. The SMILES string of the molecule is C/C=C\C(O)=C(/C)N=O. The number of hydrogen-bond donors (Lipinski definition) is 1. The van der Waals surface area contributed by atoms with Crippen molar-refractivity contribution in [1.29, 1.82) is 0 Å². The van der Waals surface area contributed by atoms with Crippen molar-refractivity contribution in [2.75, 3.05) is 0 Å². The van der Waals surface area contributed by atoms with E-state index >= 15 is 0 Å². The zero-order chi connectivity index (χ0) is 7.28. The third kappa shape index (κ3) is 2.64. The molecule has 3 nitrogen and oxygen atoms in total. The number of aliphatic hydroxyl groups excluding tert-OH is 1. The van der Waals surface area contributed by atoms with Crippen LogP contribution in [0, 0.1) is 4.91 Å². The minimum absolute atomic E-state index is 0.0764. The molecule has 0 rings (SSSR count). The van der Waals surface area contributed by atoms with Gasteiger partial charge < -0.3 is 5.11 Å². The van der Waals surface area contributed by atoms with Gasteiger partial charge in [0.15, 0.2) is 0 Å². The molecule has 3 heteroatoms. The Morgan fingerprint density at radius 1 is 1.67 bits per heavy atom. The minimum atomic E-state index is -0.0764. The lowest BCUT2D eigenvalue weighted by atomic mass is 10.4. The molecular formula is C6H9NO2. The monoisotopic (exact) mass is 127 g/mol. The van der Waals surface area contributed by atoms with Crippen LogP contribution < -0.4 is 0 Å². The molecule has 0 atom stereocenters. The standard InChI is InChI=1S/C6H9NO2/c1-3-4-6(8)5(2)7-9/h3-4,8H,1-2H3/b4-3-,6-5-. The van der Waals surface area contributed by atoms with Gasteiger partial charge in [0.2, 0.25) is 0 Å². The molecule has 0 bridgehead atoms. The fourth-order valence-electron chi connectivity index (χ4n) is 0.325. The fourth-order valence-corrected chi connectivity index (χ4v) is 0.325. The van der Waals surface area contributed by atoms with Crippen molar-refractivity contribution in [2.45, 2.75) is 13.8 Å². The van der Waals surface area contributed by atoms with E-state index in [-0.39, 0.29) is 11.5 Å². The molecular weight excluding hydrogens is 118 g/mol. The first-order valence-corrected chi connectivity index (χ1v) is 2.58. The predicted molar refractivity (Wildman–Crippen MR) is 35.9 cm³/mol. The van der Waals surface area contributed by atoms with Gasteiger partial charge in [-0.15, -0.1) is 4.91 Å². The minimum Gasteiger partial charge on any atom is -0.506 e. The highest BCUT2D eigenvalue weighted by Crippen LogP contribution is 2.01. The molecule has 0 aromatic heterocycles. The summed E-state index contributed by atoms with van der Waals surface area (Å²) < 4.78 is 0. The quantitative estimate of drug-likeness (QED) is 0.351. The summed E-state index contributed by atoms with van der Waals surface area (Å²) in [4.78, 5) is 9.72. The van der Waals surface area contributed by atoms with E-state index in [1.807, 2.05) is 0 Å². The van der Waals surface area contributed by atoms with E-state index in [9.17, 15) is 4.91 Å². The highest BCUT2D eigenvalue weighted by molar-refractivity contribution is 5.15. The van der Waals surface area contributed by atoms with Gasteiger partial charge in [-0.2, -0.15) is 0 Å². The normalized spacial score (nSPS) is 13.6. The summed E-state index contributed by atoms with van der Waals surface area (Å²) in [6, 6.07) is 0. The van der Waals surface area contributed by atoms with Gasteiger partial charge in [0.1, 0.15) is 11.5 Å². The lowest BCUT2D eigenvalue weighted by molar-refractivity contribution is 0.424. The Hall–Kier alpha value is -1.12. The summed E-state index contributed by atoms with van der Waals surface area (Å²) >= 11 is 0. The van der Waals surface area contributed by atoms with Crippen molar-refractivity contribution >= 4 is 0 Å². The average molecular weight is 127 g/mol. The molecule has 0 aromatic rings. The zero-order valence-corrected chi connectivity index (χ0v) is 5.46. The Bertz CT molecular complexity index is 158. The molecule has 0 saturated carbocycles. The van der Waals surface area contributed by atoms with E-state index < -0.39 is 0 Å². The van der Waals surface area contributed by atoms with E-state index in [0.717, 1.165) is 0 Å². The lowest BCUT2D eigenvalue weighted by Crippen LogP contribution is -1.77. The van der Waals surface area contributed by atoms with Crippen LogP contribution in [0.15, 0.2) is 28.8 Å². The van der Waals surface area contributed by atoms with Crippen LogP contribution in [0.5, 0.6) is 0 Å². The number of nitroso groups, excluding NO2 is 1. The summed E-state index contributed by atoms with van der Waals surface area (Å²) in [7, 11) is 0. The van der Waals surface area contributed by atoms with Gasteiger partial charge in [0.05, 0.1) is 0 Å². The van der Waals surface area contributed by atoms with Crippen molar-refractivity contribution in [3.8, 4) is 0 Å². The third-order valence-corrected chi connectivity index (χ3v) is 0.832. The zero-order valence-electron chi connectivity index (χ0n) is 5.46. The molecule has 0 fully saturated rings. The maximum Gasteiger partial charge on any atom is 0.139 e. The molecule has 50 valence electrons. The van der Waals surface area contributed by atoms with E-state index in [1.165, 1.54) is 13.0 Å². The molecule has 0 heterocycles. The fraction of sp³-hybridized carbons (Fsp3) is 0.333. The van der Waals surface area contributed by atoms with E-state index in [1.54, 1.807) is 13.0 Å². The van der Waals surface area contributed by atoms with Gasteiger partial charge in [-0.3, -0.25) is 0 Å². The highest BCUT2D eigenvalue weighted by atomic mass is 16.3. The first-order chi connectivity index (χ1) is 4.22. The van der Waals surface area contributed by atoms with Crippen LogP contribution in [0.25, 0.3) is 0 Å². The van der Waals surface area contributed by atoms with Crippen LogP contribution in [-0.4, -0.2) is 5.11 Å². The molecule has 0 amide bonds. The molecule has 0 aliphatic rings. The van der Waals surface area contributed by atoms with Crippen LogP contribution >= 0.6 is 0 Å². The second-order valence-electron chi connectivity index (χ2n) is 1.56. The molecule has 1 N–H and O–H groups in total. The van der Waals surface area contributed by atoms with E-state index in [2.05, 4.69) is 5.18 Å². The Labute approximate surface area is 53.7 Å².